The molecule has 2 rings (SSSR count). The van der Waals surface area contributed by atoms with Gasteiger partial charge in [-0.2, -0.15) is 13.2 Å². The molecular weight excluding hydrogens is 229 g/mol. The van der Waals surface area contributed by atoms with E-state index in [1.165, 1.54) is 12.1 Å². The maximum Gasteiger partial charge on any atom is 0.418 e. The highest BCUT2D eigenvalue weighted by Crippen LogP contribution is 2.39. The van der Waals surface area contributed by atoms with Crippen molar-refractivity contribution in [1.82, 2.24) is 0 Å². The van der Waals surface area contributed by atoms with Crippen LogP contribution in [0.4, 0.5) is 24.5 Å². The Morgan fingerprint density at radius 3 is 2.53 bits per heavy atom. The summed E-state index contributed by atoms with van der Waals surface area (Å²) in [4.78, 5) is 1.67. The SMILES string of the molecule is CN(CC1CC1)c1ccc(N)cc1C(F)(F)F. The lowest BCUT2D eigenvalue weighted by Gasteiger charge is -2.23. The molecule has 0 saturated heterocycles. The zero-order valence-corrected chi connectivity index (χ0v) is 9.59. The van der Waals surface area contributed by atoms with E-state index in [1.807, 2.05) is 0 Å². The minimum Gasteiger partial charge on any atom is -0.399 e. The Morgan fingerprint density at radius 1 is 1.35 bits per heavy atom. The first-order valence-corrected chi connectivity index (χ1v) is 5.56. The summed E-state index contributed by atoms with van der Waals surface area (Å²) in [6.45, 7) is 0.674. The van der Waals surface area contributed by atoms with E-state index < -0.39 is 11.7 Å². The quantitative estimate of drug-likeness (QED) is 0.828. The molecule has 0 atom stereocenters. The average Bonchev–Trinajstić information content (AvgIpc) is 3.00. The van der Waals surface area contributed by atoms with Crippen molar-refractivity contribution in [3.63, 3.8) is 0 Å². The first-order chi connectivity index (χ1) is 7.88. The summed E-state index contributed by atoms with van der Waals surface area (Å²) in [5.41, 5.74) is 5.11. The Morgan fingerprint density at radius 2 is 2.00 bits per heavy atom. The lowest BCUT2D eigenvalue weighted by molar-refractivity contribution is -0.137. The van der Waals surface area contributed by atoms with Crippen molar-refractivity contribution in [1.29, 1.82) is 0 Å². The second-order valence-corrected chi connectivity index (χ2v) is 4.60. The molecule has 1 aromatic carbocycles. The van der Waals surface area contributed by atoms with Gasteiger partial charge in [0.05, 0.1) is 5.56 Å². The predicted octanol–water partition coefficient (Wildman–Crippen LogP) is 3.13. The van der Waals surface area contributed by atoms with Crippen LogP contribution < -0.4 is 10.6 Å². The topological polar surface area (TPSA) is 29.3 Å². The predicted molar refractivity (Wildman–Crippen MR) is 61.9 cm³/mol. The van der Waals surface area contributed by atoms with Gasteiger partial charge in [0.15, 0.2) is 0 Å². The van der Waals surface area contributed by atoms with Gasteiger partial charge in [0.25, 0.3) is 0 Å². The molecule has 5 heteroatoms. The highest BCUT2D eigenvalue weighted by atomic mass is 19.4. The average molecular weight is 244 g/mol. The highest BCUT2D eigenvalue weighted by Gasteiger charge is 2.35. The smallest absolute Gasteiger partial charge is 0.399 e. The van der Waals surface area contributed by atoms with Gasteiger partial charge in [-0.25, -0.2) is 0 Å². The van der Waals surface area contributed by atoms with E-state index in [2.05, 4.69) is 0 Å². The van der Waals surface area contributed by atoms with Crippen molar-refractivity contribution in [2.75, 3.05) is 24.2 Å². The van der Waals surface area contributed by atoms with Crippen molar-refractivity contribution in [2.45, 2.75) is 19.0 Å². The number of anilines is 2. The third kappa shape index (κ3) is 2.84. The molecule has 0 amide bonds. The second-order valence-electron chi connectivity index (χ2n) is 4.60. The third-order valence-electron chi connectivity index (χ3n) is 2.97. The summed E-state index contributed by atoms with van der Waals surface area (Å²) in [6, 6.07) is 3.95. The van der Waals surface area contributed by atoms with Crippen LogP contribution in [0.15, 0.2) is 18.2 Å². The fraction of sp³-hybridized carbons (Fsp3) is 0.500. The number of benzene rings is 1. The van der Waals surface area contributed by atoms with Crippen LogP contribution in [0.25, 0.3) is 0 Å². The molecule has 17 heavy (non-hydrogen) atoms. The van der Waals surface area contributed by atoms with E-state index in [-0.39, 0.29) is 11.4 Å². The molecular formula is C12H15F3N2. The van der Waals surface area contributed by atoms with Gasteiger partial charge in [0.2, 0.25) is 0 Å². The van der Waals surface area contributed by atoms with E-state index in [0.29, 0.717) is 12.5 Å². The molecule has 1 aliphatic rings. The van der Waals surface area contributed by atoms with Gasteiger partial charge in [-0.3, -0.25) is 0 Å². The van der Waals surface area contributed by atoms with Crippen LogP contribution in [0.2, 0.25) is 0 Å². The fourth-order valence-electron chi connectivity index (χ4n) is 1.90. The Balaban J connectivity index is 2.30. The molecule has 1 fully saturated rings. The Hall–Kier alpha value is -1.39. The summed E-state index contributed by atoms with van der Waals surface area (Å²) < 4.78 is 38.6. The molecule has 0 heterocycles. The fourth-order valence-corrected chi connectivity index (χ4v) is 1.90. The number of hydrogen-bond donors (Lipinski definition) is 1. The van der Waals surface area contributed by atoms with Crippen molar-refractivity contribution in [3.8, 4) is 0 Å². The minimum absolute atomic E-state index is 0.140. The molecule has 2 N–H and O–H groups in total. The molecule has 0 unspecified atom stereocenters. The summed E-state index contributed by atoms with van der Waals surface area (Å²) in [7, 11) is 1.69. The lowest BCUT2D eigenvalue weighted by atomic mass is 10.1. The molecule has 1 aliphatic carbocycles. The number of nitrogens with two attached hydrogens (primary N) is 1. The van der Waals surface area contributed by atoms with E-state index >= 15 is 0 Å². The van der Waals surface area contributed by atoms with Gasteiger partial charge in [-0.15, -0.1) is 0 Å². The molecule has 94 valence electrons. The first kappa shape index (κ1) is 12.1. The maximum atomic E-state index is 12.9. The van der Waals surface area contributed by atoms with Crippen molar-refractivity contribution < 1.29 is 13.2 Å². The zero-order chi connectivity index (χ0) is 12.6. The number of alkyl halides is 3. The number of halogens is 3. The van der Waals surface area contributed by atoms with Gasteiger partial charge in [0.1, 0.15) is 0 Å². The van der Waals surface area contributed by atoms with Crippen LogP contribution in [-0.4, -0.2) is 13.6 Å². The van der Waals surface area contributed by atoms with Crippen LogP contribution >= 0.6 is 0 Å². The van der Waals surface area contributed by atoms with Crippen molar-refractivity contribution >= 4 is 11.4 Å². The minimum atomic E-state index is -4.36. The Labute approximate surface area is 98.2 Å². The second kappa shape index (κ2) is 4.13. The molecule has 1 aromatic rings. The van der Waals surface area contributed by atoms with E-state index in [4.69, 9.17) is 5.73 Å². The first-order valence-electron chi connectivity index (χ1n) is 5.56. The third-order valence-corrected chi connectivity index (χ3v) is 2.97. The van der Waals surface area contributed by atoms with E-state index in [9.17, 15) is 13.2 Å². The van der Waals surface area contributed by atoms with Gasteiger partial charge in [0, 0.05) is 25.0 Å². The van der Waals surface area contributed by atoms with E-state index in [1.54, 1.807) is 11.9 Å². The Bertz CT molecular complexity index is 411. The lowest BCUT2D eigenvalue weighted by Crippen LogP contribution is -2.23. The van der Waals surface area contributed by atoms with Crippen LogP contribution in [0, 0.1) is 5.92 Å². The van der Waals surface area contributed by atoms with E-state index in [0.717, 1.165) is 18.9 Å². The van der Waals surface area contributed by atoms with Crippen LogP contribution in [-0.2, 0) is 6.18 Å². The highest BCUT2D eigenvalue weighted by molar-refractivity contribution is 5.60. The van der Waals surface area contributed by atoms with Gasteiger partial charge < -0.3 is 10.6 Å². The molecule has 1 saturated carbocycles. The van der Waals surface area contributed by atoms with Gasteiger partial charge in [-0.05, 0) is 37.0 Å². The number of hydrogen-bond acceptors (Lipinski definition) is 2. The number of nitrogen functional groups attached to an aromatic ring is 1. The summed E-state index contributed by atoms with van der Waals surface area (Å²) in [5.74, 6) is 0.540. The van der Waals surface area contributed by atoms with Crippen LogP contribution in [0.3, 0.4) is 0 Å². The van der Waals surface area contributed by atoms with Gasteiger partial charge in [-0.1, -0.05) is 0 Å². The normalized spacial score (nSPS) is 16.0. The van der Waals surface area contributed by atoms with Crippen molar-refractivity contribution in [3.05, 3.63) is 23.8 Å². The van der Waals surface area contributed by atoms with Crippen LogP contribution in [0.1, 0.15) is 18.4 Å². The summed E-state index contributed by atoms with van der Waals surface area (Å²) >= 11 is 0. The zero-order valence-electron chi connectivity index (χ0n) is 9.59. The van der Waals surface area contributed by atoms with Crippen LogP contribution in [0.5, 0.6) is 0 Å². The van der Waals surface area contributed by atoms with Gasteiger partial charge >= 0.3 is 6.18 Å². The molecule has 0 aliphatic heterocycles. The molecule has 0 spiro atoms. The molecule has 0 bridgehead atoms. The van der Waals surface area contributed by atoms with Crippen molar-refractivity contribution in [2.24, 2.45) is 5.92 Å². The number of rotatable bonds is 3. The number of nitrogens with zero attached hydrogens (tertiary/aromatic N) is 1. The molecule has 2 nitrogen and oxygen atoms in total. The Kier molecular flexibility index (Phi) is 2.93. The molecule has 0 radical (unpaired) electrons. The summed E-state index contributed by atoms with van der Waals surface area (Å²) in [5, 5.41) is 0. The largest absolute Gasteiger partial charge is 0.418 e. The standard InChI is InChI=1S/C12H15F3N2/c1-17(7-8-2-3-8)11-5-4-9(16)6-10(11)12(13,14)15/h4-6,8H,2-3,7,16H2,1H3. The molecule has 0 aromatic heterocycles. The monoisotopic (exact) mass is 244 g/mol. The summed E-state index contributed by atoms with van der Waals surface area (Å²) in [6.07, 6.45) is -2.14. The maximum absolute atomic E-state index is 12.9.